The maximum absolute atomic E-state index is 12.1. The van der Waals surface area contributed by atoms with E-state index in [-0.39, 0.29) is 5.92 Å². The van der Waals surface area contributed by atoms with Crippen LogP contribution in [-0.2, 0) is 31.2 Å². The molecule has 1 aliphatic heterocycles. The molecule has 1 aliphatic rings. The van der Waals surface area contributed by atoms with Crippen molar-refractivity contribution in [2.24, 2.45) is 5.92 Å². The van der Waals surface area contributed by atoms with E-state index in [4.69, 9.17) is 14.2 Å². The summed E-state index contributed by atoms with van der Waals surface area (Å²) in [5, 5.41) is 10.6. The van der Waals surface area contributed by atoms with Crippen molar-refractivity contribution >= 4 is 14.0 Å². The first-order valence-corrected chi connectivity index (χ1v) is 17.9. The number of ether oxygens (including phenoxy) is 3. The van der Waals surface area contributed by atoms with Crippen LogP contribution < -0.4 is 0 Å². The van der Waals surface area contributed by atoms with Crippen LogP contribution in [-0.4, -0.2) is 45.6 Å². The Balaban J connectivity index is 1.51. The summed E-state index contributed by atoms with van der Waals surface area (Å²) in [4.78, 5) is 12.1. The fourth-order valence-electron chi connectivity index (χ4n) is 5.06. The van der Waals surface area contributed by atoms with Gasteiger partial charge in [0.1, 0.15) is 8.07 Å². The summed E-state index contributed by atoms with van der Waals surface area (Å²) in [7, 11) is 0.0680. The average Bonchev–Trinajstić information content (AvgIpc) is 3.44. The molecule has 6 heteroatoms. The van der Waals surface area contributed by atoms with E-state index >= 15 is 0 Å². The minimum Gasteiger partial charge on any atom is -0.467 e. The van der Waals surface area contributed by atoms with Crippen LogP contribution in [0.2, 0.25) is 19.6 Å². The molecular weight excluding hydrogens is 504 g/mol. The molecule has 0 aliphatic carbocycles. The number of hydrogen-bond donors (Lipinski definition) is 1. The lowest BCUT2D eigenvalue weighted by molar-refractivity contribution is -0.153. The minimum atomic E-state index is -1.27. The van der Waals surface area contributed by atoms with Gasteiger partial charge in [0.25, 0.3) is 0 Å². The minimum absolute atomic E-state index is 0.128. The molecule has 2 atom stereocenters. The number of hydrogen-bond acceptors (Lipinski definition) is 5. The molecule has 39 heavy (non-hydrogen) atoms. The topological polar surface area (TPSA) is 65.0 Å². The lowest BCUT2D eigenvalue weighted by Gasteiger charge is -2.28. The number of carbonyl (C=O) groups excluding carboxylic acids is 1. The Morgan fingerprint density at radius 2 is 1.54 bits per heavy atom. The summed E-state index contributed by atoms with van der Waals surface area (Å²) < 4.78 is 17.1. The fourth-order valence-corrected chi connectivity index (χ4v) is 5.72. The van der Waals surface area contributed by atoms with Crippen LogP contribution in [0.25, 0.3) is 0 Å². The second kappa shape index (κ2) is 15.4. The molecule has 1 saturated heterocycles. The Morgan fingerprint density at radius 1 is 0.923 bits per heavy atom. The molecule has 0 amide bonds. The summed E-state index contributed by atoms with van der Waals surface area (Å²) in [5.74, 6) is 1.80. The van der Waals surface area contributed by atoms with Crippen LogP contribution >= 0.6 is 0 Å². The highest BCUT2D eigenvalue weighted by atomic mass is 28.3. The summed E-state index contributed by atoms with van der Waals surface area (Å²) in [6.45, 7) is 7.92. The number of unbranched alkanes of at least 4 members (excludes halogenated alkanes) is 5. The normalized spacial score (nSPS) is 16.2. The average molecular weight is 551 g/mol. The predicted molar refractivity (Wildman–Crippen MR) is 159 cm³/mol. The molecule has 0 spiro atoms. The molecule has 5 nitrogen and oxygen atoms in total. The van der Waals surface area contributed by atoms with E-state index in [1.54, 1.807) is 0 Å². The van der Waals surface area contributed by atoms with E-state index in [9.17, 15) is 9.90 Å². The van der Waals surface area contributed by atoms with Crippen molar-refractivity contribution in [1.82, 2.24) is 0 Å². The van der Waals surface area contributed by atoms with Gasteiger partial charge < -0.3 is 19.3 Å². The summed E-state index contributed by atoms with van der Waals surface area (Å²) in [6.07, 6.45) is 7.76. The standard InChI is InChI=1S/C33H46O5Si/c1-36-32(35)31(34)28(15-11-8-6-5-7-9-14-26-39(2,3)4)21-18-27-19-22-30(23-20-27)33(37-24-25-38-33)29-16-12-10-13-17-29/h10,12-13,16-17,19-20,22-23,28,31,34H,5-9,11,15,18,21,24-25H2,1-4H3. The largest absolute Gasteiger partial charge is 0.467 e. The second-order valence-corrected chi connectivity index (χ2v) is 16.3. The molecular formula is C33H46O5Si. The Hall–Kier alpha value is -2.43. The third-order valence-electron chi connectivity index (χ3n) is 7.21. The molecule has 0 saturated carbocycles. The maximum atomic E-state index is 12.1. The van der Waals surface area contributed by atoms with Crippen LogP contribution in [0.5, 0.6) is 0 Å². The van der Waals surface area contributed by atoms with Gasteiger partial charge in [0.05, 0.1) is 20.3 Å². The number of methoxy groups -OCH3 is 1. The third-order valence-corrected chi connectivity index (χ3v) is 8.14. The predicted octanol–water partition coefficient (Wildman–Crippen LogP) is 6.63. The highest BCUT2D eigenvalue weighted by Gasteiger charge is 2.40. The molecule has 1 N–H and O–H groups in total. The van der Waals surface area contributed by atoms with Gasteiger partial charge in [-0.15, -0.1) is 11.5 Å². The molecule has 3 rings (SSSR count). The van der Waals surface area contributed by atoms with Gasteiger partial charge in [-0.2, -0.15) is 0 Å². The Kier molecular flexibility index (Phi) is 12.3. The van der Waals surface area contributed by atoms with Crippen molar-refractivity contribution in [3.05, 3.63) is 71.3 Å². The van der Waals surface area contributed by atoms with Gasteiger partial charge in [0.15, 0.2) is 6.10 Å². The molecule has 2 unspecified atom stereocenters. The van der Waals surface area contributed by atoms with Gasteiger partial charge in [-0.1, -0.05) is 99.9 Å². The van der Waals surface area contributed by atoms with Gasteiger partial charge in [-0.05, 0) is 37.2 Å². The lowest BCUT2D eigenvalue weighted by atomic mass is 9.88. The number of carbonyl (C=O) groups is 1. The number of aliphatic hydroxyl groups is 1. The van der Waals surface area contributed by atoms with Crippen LogP contribution in [0.1, 0.15) is 68.1 Å². The fraction of sp³-hybridized carbons (Fsp3) is 0.545. The summed E-state index contributed by atoms with van der Waals surface area (Å²) >= 11 is 0. The van der Waals surface area contributed by atoms with Crippen molar-refractivity contribution < 1.29 is 24.1 Å². The molecule has 0 radical (unpaired) electrons. The van der Waals surface area contributed by atoms with Gasteiger partial charge >= 0.3 is 5.97 Å². The quantitative estimate of drug-likeness (QED) is 0.124. The summed E-state index contributed by atoms with van der Waals surface area (Å²) in [6, 6.07) is 18.3. The zero-order valence-electron chi connectivity index (χ0n) is 24.2. The molecule has 1 heterocycles. The van der Waals surface area contributed by atoms with Gasteiger partial charge in [-0.25, -0.2) is 4.79 Å². The molecule has 2 aromatic rings. The van der Waals surface area contributed by atoms with E-state index in [0.717, 1.165) is 68.1 Å². The summed E-state index contributed by atoms with van der Waals surface area (Å²) in [5.41, 5.74) is 6.53. The smallest absolute Gasteiger partial charge is 0.334 e. The second-order valence-electron chi connectivity index (χ2n) is 11.5. The van der Waals surface area contributed by atoms with Crippen LogP contribution in [0, 0.1) is 17.4 Å². The first kappa shape index (κ1) is 31.1. The van der Waals surface area contributed by atoms with E-state index in [0.29, 0.717) is 13.2 Å². The van der Waals surface area contributed by atoms with E-state index < -0.39 is 25.9 Å². The highest BCUT2D eigenvalue weighted by molar-refractivity contribution is 6.83. The van der Waals surface area contributed by atoms with Crippen LogP contribution in [0.15, 0.2) is 54.6 Å². The zero-order chi connectivity index (χ0) is 28.1. The van der Waals surface area contributed by atoms with Crippen LogP contribution in [0.4, 0.5) is 0 Å². The molecule has 1 fully saturated rings. The van der Waals surface area contributed by atoms with Gasteiger partial charge in [0, 0.05) is 17.5 Å². The first-order valence-electron chi connectivity index (χ1n) is 14.4. The lowest BCUT2D eigenvalue weighted by Crippen LogP contribution is -2.31. The SMILES string of the molecule is COC(=O)C(O)C(CCCCCCCC#C[Si](C)(C)C)CCc1ccc(C2(c3ccccc3)OCCO2)cc1. The first-order chi connectivity index (χ1) is 18.7. The molecule has 2 aromatic carbocycles. The van der Waals surface area contributed by atoms with Crippen molar-refractivity contribution in [3.8, 4) is 11.5 Å². The molecule has 0 aromatic heterocycles. The zero-order valence-corrected chi connectivity index (χ0v) is 25.2. The highest BCUT2D eigenvalue weighted by Crippen LogP contribution is 2.38. The van der Waals surface area contributed by atoms with Crippen molar-refractivity contribution in [1.29, 1.82) is 0 Å². The number of rotatable bonds is 14. The van der Waals surface area contributed by atoms with Crippen molar-refractivity contribution in [2.75, 3.05) is 20.3 Å². The Bertz CT molecular complexity index is 1060. The molecule has 212 valence electrons. The number of aliphatic hydroxyl groups excluding tert-OH is 1. The maximum Gasteiger partial charge on any atom is 0.334 e. The monoisotopic (exact) mass is 550 g/mol. The Labute approximate surface area is 236 Å². The van der Waals surface area contributed by atoms with Gasteiger partial charge in [0.2, 0.25) is 5.79 Å². The number of aryl methyl sites for hydroxylation is 1. The Morgan fingerprint density at radius 3 is 2.18 bits per heavy atom. The number of esters is 1. The van der Waals surface area contributed by atoms with Crippen molar-refractivity contribution in [3.63, 3.8) is 0 Å². The van der Waals surface area contributed by atoms with E-state index in [1.807, 2.05) is 30.3 Å². The number of benzene rings is 2. The van der Waals surface area contributed by atoms with E-state index in [2.05, 4.69) is 55.4 Å². The van der Waals surface area contributed by atoms with Crippen molar-refractivity contribution in [2.45, 2.75) is 89.3 Å². The van der Waals surface area contributed by atoms with Crippen LogP contribution in [0.3, 0.4) is 0 Å². The van der Waals surface area contributed by atoms with E-state index in [1.165, 1.54) is 13.5 Å². The molecule has 0 bridgehead atoms. The third kappa shape index (κ3) is 9.61. The van der Waals surface area contributed by atoms with Gasteiger partial charge in [-0.3, -0.25) is 0 Å².